The Balaban J connectivity index is 0.000000493. The average Bonchev–Trinajstić information content (AvgIpc) is 0.833. The summed E-state index contributed by atoms with van der Waals surface area (Å²) < 4.78 is 105. The van der Waals surface area contributed by atoms with Gasteiger partial charge in [0.25, 0.3) is 0 Å². The Bertz CT molecular complexity index is 4270. The number of carbonyl (C=O) groups excluding carboxylic acids is 5. The highest BCUT2D eigenvalue weighted by Crippen LogP contribution is 2.43. The summed E-state index contributed by atoms with van der Waals surface area (Å²) in [6.07, 6.45) is -64.2. The number of aliphatic hydroxyl groups is 20. The van der Waals surface area contributed by atoms with Gasteiger partial charge in [0, 0.05) is 72.3 Å². The summed E-state index contributed by atoms with van der Waals surface area (Å²) in [5.74, 6) is -9.08. The van der Waals surface area contributed by atoms with Crippen LogP contribution < -0.4 is 11.5 Å². The molecule has 53 heteroatoms. The number of ketones is 3. The van der Waals surface area contributed by atoms with Crippen LogP contribution in [0.5, 0.6) is 0 Å². The zero-order chi connectivity index (χ0) is 110. The smallest absolute Gasteiger partial charge is 0.310 e. The summed E-state index contributed by atoms with van der Waals surface area (Å²) in [4.78, 5) is 93.4. The fourth-order valence-electron chi connectivity index (χ4n) is 17.8. The average molecular weight is 2190 g/mol. The molecule has 0 spiro atoms. The first-order valence-corrected chi connectivity index (χ1v) is 52.8. The maximum Gasteiger partial charge on any atom is 0.310 e. The molecule has 21 saturated heterocycles. The second-order valence-electron chi connectivity index (χ2n) is 38.5. The zero-order valence-corrected chi connectivity index (χ0v) is 86.8. The number of ether oxygens (including phenoxy) is 18. The summed E-state index contributed by atoms with van der Waals surface area (Å²) in [7, 11) is 0. The number of aliphatic carboxylic acids is 2. The van der Waals surface area contributed by atoms with E-state index in [-0.39, 0.29) is 93.3 Å². The number of Topliss-reactive ketones (excluding diaryl/α,β-unsaturated/α-hetero) is 3. The molecule has 16 unspecified atom stereocenters. The van der Waals surface area contributed by atoms with Gasteiger partial charge in [-0.1, -0.05) is 57.9 Å². The van der Waals surface area contributed by atoms with Gasteiger partial charge in [-0.2, -0.15) is 23.5 Å². The number of carbonyl (C=O) groups is 7. The van der Waals surface area contributed by atoms with Crippen molar-refractivity contribution in [3.63, 3.8) is 0 Å². The molecule has 21 fully saturated rings. The predicted molar refractivity (Wildman–Crippen MR) is 515 cm³/mol. The standard InChI is InChI=1S/C60H98O41S2.C33H50N2O6S.C2H7N/c1-3-21(52(82)83)16-102-18-29-50-36(73)43(80)59(93-29)98-48-27(14-64)89-55(39(76)32(48)69)95-45-24(11-61)88-54(38(75)31(45)68)96-46-26(13-63)92-58(42(79)35(46)72)101-51-30(19-103-17-22(53(84)85)10-23(67)5-7-87-9-8-86-6-4-20(2)66)94-60(44(81)37(51)74)99-49-28(15-65)90-56(40(77)33(49)70)97-47-25(12-62)91-57(100-50)41(78)34(47)71;1-21-12-11-13-22(2)31(38)24(4)32(39)33(6,7)28(41-29(36)14-9-8-10-17-34)19-30(37)40-27(16-15-21)23(3)18-26-20-42-25(5)35-26;1-2-3/h21-22,24-51,54-65,68-81H,3-19H2,1-2H3,(H,82,83)(H,84,85);11,13,15,18,20,22,24,27-28,31,38H,8-10,12,14,16-17,19,34H2,1-7H3;2-3H2,1H3/b;13-11-,21-15-,23-18+;/t21?,22?,24?,25?,26?,27?,28?,29?,30?,31-,32-,33-,34-,35-,36-,37-,38?,39?,40?,41?,42?,43?,44?,45-,46-,47-,48-,49-,50-,51-,54-,55-,56-,57-,58-,59-,60-;22-,24+,27-,28-,31-;/m10./s1. The summed E-state index contributed by atoms with van der Waals surface area (Å²) >= 11 is 3.27. The number of cyclic esters (lactones) is 1. The molecule has 14 bridgehead atoms. The molecule has 0 amide bonds. The lowest BCUT2D eigenvalue weighted by atomic mass is 9.73. The number of rotatable bonds is 35. The third-order valence-corrected chi connectivity index (χ3v) is 30.0. The zero-order valence-electron chi connectivity index (χ0n) is 84.4. The number of nitrogens with two attached hydrogens (primary N) is 2. The molecule has 850 valence electrons. The van der Waals surface area contributed by atoms with Crippen LogP contribution in [0.15, 0.2) is 34.8 Å². The number of aliphatic hydroxyl groups excluding tert-OH is 20. The second-order valence-corrected chi connectivity index (χ2v) is 41.7. The summed E-state index contributed by atoms with van der Waals surface area (Å²) in [5.41, 5.74) is 11.9. The van der Waals surface area contributed by atoms with Gasteiger partial charge in [-0.15, -0.1) is 11.3 Å². The SMILES string of the molecule is C/C1=C/C[C@@H](/C(C)=C/c2csc(C)n2)OC(=O)C[C@H](OC(=O)CCCCCN)C(C)(C)C(=O)[C@H](C)[C@@H](O)[C@@H](C)/C=C\C1.CCC(CSCC1O[C@@H]2O[C@@H]3C(CO)O[C@H](O[C@@H]4C(CO)O[C@H](O[C@@H]5C(CO)O[C@H](O[C@@H]6C(CSCC(CC(=O)CCOCCOCCC(C)=O)C(=O)O)O[C@H](O[C@@H]7C(CO)O[C@H](O[C@@H]8C(CO)O[C@H](O[C@H]1[C@H](O)C2O)C(O)[C@H]8O)C(O)[C@H]7O)C(O)[C@H]6O)C(O)[C@H]5O)C(O)[C@H]4O)C(O)[C@H]3O)C(=O)O.CCN. The fourth-order valence-corrected chi connectivity index (χ4v) is 20.8. The van der Waals surface area contributed by atoms with E-state index in [1.807, 2.05) is 64.3 Å². The lowest BCUT2D eigenvalue weighted by molar-refractivity contribution is -0.395. The maximum absolute atomic E-state index is 13.8. The van der Waals surface area contributed by atoms with Gasteiger partial charge in [0.1, 0.15) is 188 Å². The molecule has 0 radical (unpaired) electrons. The molecule has 22 aliphatic rings. The molecule has 23 heterocycles. The highest BCUT2D eigenvalue weighted by Gasteiger charge is 2.61. The van der Waals surface area contributed by atoms with E-state index in [1.54, 1.807) is 39.0 Å². The molecule has 148 heavy (non-hydrogen) atoms. The number of hydrogen-bond donors (Lipinski definition) is 24. The number of thioether (sulfide) groups is 2. The first-order valence-electron chi connectivity index (χ1n) is 49.7. The van der Waals surface area contributed by atoms with Gasteiger partial charge < -0.3 is 209 Å². The van der Waals surface area contributed by atoms with Crippen molar-refractivity contribution in [2.24, 2.45) is 40.6 Å². The van der Waals surface area contributed by atoms with Crippen molar-refractivity contribution in [2.75, 3.05) is 95.6 Å². The minimum atomic E-state index is -2.31. The predicted octanol–water partition coefficient (Wildman–Crippen LogP) is -5.50. The fraction of sp³-hybridized carbons (Fsp3) is 0.832. The molecule has 0 saturated carbocycles. The van der Waals surface area contributed by atoms with E-state index < -0.39 is 331 Å². The highest BCUT2D eigenvalue weighted by atomic mass is 32.2. The molecular formula is C95H155N3O47S3. The molecule has 42 atom stereocenters. The van der Waals surface area contributed by atoms with Crippen molar-refractivity contribution in [1.29, 1.82) is 0 Å². The highest BCUT2D eigenvalue weighted by molar-refractivity contribution is 7.99. The van der Waals surface area contributed by atoms with Gasteiger partial charge in [0.15, 0.2) is 44.0 Å². The van der Waals surface area contributed by atoms with Crippen LogP contribution in [-0.2, 0) is 119 Å². The third-order valence-electron chi connectivity index (χ3n) is 26.8. The van der Waals surface area contributed by atoms with E-state index in [9.17, 15) is 146 Å². The van der Waals surface area contributed by atoms with Crippen molar-refractivity contribution < 1.29 is 231 Å². The lowest BCUT2D eigenvalue weighted by Crippen LogP contribution is -2.68. The third kappa shape index (κ3) is 35.2. The number of unbranched alkanes of at least 4 members (excludes halogenated alkanes) is 2. The van der Waals surface area contributed by atoms with Crippen molar-refractivity contribution in [3.05, 3.63) is 45.5 Å². The molecule has 23 rings (SSSR count). The number of esters is 2. The maximum atomic E-state index is 13.8. The molecule has 26 N–H and O–H groups in total. The van der Waals surface area contributed by atoms with Crippen molar-refractivity contribution >= 4 is 82.2 Å². The molecular weight excluding hydrogens is 2030 g/mol. The van der Waals surface area contributed by atoms with Crippen LogP contribution in [0.1, 0.15) is 144 Å². The molecule has 1 aromatic heterocycles. The monoisotopic (exact) mass is 2190 g/mol. The Labute approximate surface area is 868 Å². The number of carboxylic acids is 2. The first kappa shape index (κ1) is 128. The van der Waals surface area contributed by atoms with Gasteiger partial charge in [0.05, 0.1) is 112 Å². The molecule has 22 aliphatic heterocycles. The summed E-state index contributed by atoms with van der Waals surface area (Å²) in [6.45, 7) is 13.7. The van der Waals surface area contributed by atoms with Crippen LogP contribution in [0.3, 0.4) is 0 Å². The number of thiazole rings is 1. The van der Waals surface area contributed by atoms with Gasteiger partial charge in [-0.3, -0.25) is 33.6 Å². The van der Waals surface area contributed by atoms with Crippen molar-refractivity contribution in [2.45, 2.75) is 373 Å². The number of aryl methyl sites for hydroxylation is 1. The van der Waals surface area contributed by atoms with E-state index in [2.05, 4.69) is 4.98 Å². The summed E-state index contributed by atoms with van der Waals surface area (Å²) in [6, 6.07) is 0. The minimum Gasteiger partial charge on any atom is -0.481 e. The van der Waals surface area contributed by atoms with E-state index >= 15 is 0 Å². The van der Waals surface area contributed by atoms with Crippen LogP contribution in [-0.4, -0.2) is 487 Å². The van der Waals surface area contributed by atoms with E-state index in [4.69, 9.17) is 96.7 Å². The number of nitrogens with zero attached hydrogens (tertiary/aromatic N) is 1. The van der Waals surface area contributed by atoms with Crippen LogP contribution in [0.4, 0.5) is 0 Å². The number of allylic oxidation sites excluding steroid dienone is 2. The Morgan fingerprint density at radius 3 is 1.21 bits per heavy atom. The Morgan fingerprint density at radius 1 is 0.500 bits per heavy atom. The van der Waals surface area contributed by atoms with Crippen LogP contribution >= 0.6 is 34.9 Å². The Kier molecular flexibility index (Phi) is 53.8. The van der Waals surface area contributed by atoms with Crippen LogP contribution in [0.25, 0.3) is 6.08 Å². The van der Waals surface area contributed by atoms with Gasteiger partial charge in [-0.05, 0) is 92.0 Å². The van der Waals surface area contributed by atoms with Gasteiger partial charge >= 0.3 is 23.9 Å². The largest absolute Gasteiger partial charge is 0.481 e. The number of aromatic nitrogens is 1. The van der Waals surface area contributed by atoms with Gasteiger partial charge in [0.2, 0.25) is 0 Å². The van der Waals surface area contributed by atoms with Crippen LogP contribution in [0, 0.1) is 36.0 Å². The van der Waals surface area contributed by atoms with E-state index in [0.717, 1.165) is 64.8 Å². The lowest BCUT2D eigenvalue weighted by Gasteiger charge is -2.50. The Morgan fingerprint density at radius 2 is 0.865 bits per heavy atom. The summed E-state index contributed by atoms with van der Waals surface area (Å²) in [5, 5.41) is 251. The molecule has 0 aliphatic carbocycles. The number of carboxylic acid groups (broad SMARTS) is 2. The van der Waals surface area contributed by atoms with E-state index in [1.165, 1.54) is 6.92 Å². The Hall–Kier alpha value is -5.08. The van der Waals surface area contributed by atoms with Gasteiger partial charge in [-0.25, -0.2) is 4.98 Å². The minimum absolute atomic E-state index is 0.0656. The van der Waals surface area contributed by atoms with Crippen molar-refractivity contribution in [1.82, 2.24) is 4.98 Å². The topological polar surface area (TPSA) is 796 Å². The molecule has 1 aromatic rings. The molecule has 0 aromatic carbocycles. The second kappa shape index (κ2) is 62.2. The first-order chi connectivity index (χ1) is 70.2. The molecule has 50 nitrogen and oxygen atoms in total. The normalized spacial score (nSPS) is 39.4. The van der Waals surface area contributed by atoms with Crippen molar-refractivity contribution in [3.8, 4) is 0 Å². The quantitative estimate of drug-likeness (QED) is 0.0171. The van der Waals surface area contributed by atoms with E-state index in [0.29, 0.717) is 25.8 Å². The van der Waals surface area contributed by atoms with Crippen LogP contribution in [0.2, 0.25) is 0 Å². The number of hydrogen-bond acceptors (Lipinski definition) is 51.